The van der Waals surface area contributed by atoms with Crippen molar-refractivity contribution in [3.8, 4) is 0 Å². The molecule has 0 radical (unpaired) electrons. The van der Waals surface area contributed by atoms with Gasteiger partial charge in [0.05, 0.1) is 0 Å². The molecule has 0 spiro atoms. The molecule has 1 aliphatic carbocycles. The molecule has 110 valence electrons. The van der Waals surface area contributed by atoms with Gasteiger partial charge in [0.1, 0.15) is 0 Å². The standard InChI is InChI=1S/C14H27N3O2/c1-17(2)11-7-10-15-13(18)14(19)16-12-8-5-3-4-6-9-12/h12H,3-11H2,1-2H3,(H,15,18)(H,16,19). The average molecular weight is 269 g/mol. The molecule has 0 aromatic carbocycles. The topological polar surface area (TPSA) is 61.4 Å². The van der Waals surface area contributed by atoms with Crippen LogP contribution in [-0.4, -0.2) is 49.9 Å². The van der Waals surface area contributed by atoms with Gasteiger partial charge in [0.15, 0.2) is 0 Å². The molecule has 0 heterocycles. The maximum atomic E-state index is 11.7. The fourth-order valence-corrected chi connectivity index (χ4v) is 2.35. The van der Waals surface area contributed by atoms with Crippen LogP contribution >= 0.6 is 0 Å². The predicted molar refractivity (Wildman–Crippen MR) is 75.8 cm³/mol. The number of nitrogens with one attached hydrogen (secondary N) is 2. The van der Waals surface area contributed by atoms with Gasteiger partial charge in [-0.3, -0.25) is 9.59 Å². The Hall–Kier alpha value is -1.10. The van der Waals surface area contributed by atoms with Gasteiger partial charge < -0.3 is 15.5 Å². The van der Waals surface area contributed by atoms with Gasteiger partial charge in [0, 0.05) is 12.6 Å². The van der Waals surface area contributed by atoms with Crippen LogP contribution in [0.1, 0.15) is 44.9 Å². The van der Waals surface area contributed by atoms with E-state index in [2.05, 4.69) is 15.5 Å². The van der Waals surface area contributed by atoms with Gasteiger partial charge in [-0.25, -0.2) is 0 Å². The van der Waals surface area contributed by atoms with Crippen LogP contribution in [-0.2, 0) is 9.59 Å². The van der Waals surface area contributed by atoms with Gasteiger partial charge >= 0.3 is 11.8 Å². The van der Waals surface area contributed by atoms with Crippen molar-refractivity contribution in [3.63, 3.8) is 0 Å². The molecule has 1 fully saturated rings. The summed E-state index contributed by atoms with van der Waals surface area (Å²) in [5.74, 6) is -0.972. The molecule has 5 heteroatoms. The summed E-state index contributed by atoms with van der Waals surface area (Å²) in [5.41, 5.74) is 0. The summed E-state index contributed by atoms with van der Waals surface area (Å²) in [4.78, 5) is 25.4. The minimum Gasteiger partial charge on any atom is -0.348 e. The lowest BCUT2D eigenvalue weighted by molar-refractivity contribution is -0.139. The van der Waals surface area contributed by atoms with Crippen molar-refractivity contribution in [1.82, 2.24) is 15.5 Å². The van der Waals surface area contributed by atoms with Gasteiger partial charge in [-0.1, -0.05) is 25.7 Å². The zero-order chi connectivity index (χ0) is 14.1. The second-order valence-electron chi connectivity index (χ2n) is 5.57. The molecule has 0 unspecified atom stereocenters. The van der Waals surface area contributed by atoms with Crippen LogP contribution in [0.15, 0.2) is 0 Å². The van der Waals surface area contributed by atoms with Crippen molar-refractivity contribution in [2.75, 3.05) is 27.2 Å². The van der Waals surface area contributed by atoms with E-state index in [1.54, 1.807) is 0 Å². The number of carbonyl (C=O) groups excluding carboxylic acids is 2. The number of rotatable bonds is 5. The molecule has 2 amide bonds. The Balaban J connectivity index is 2.18. The van der Waals surface area contributed by atoms with Gasteiger partial charge in [-0.2, -0.15) is 0 Å². The van der Waals surface area contributed by atoms with Gasteiger partial charge in [0.2, 0.25) is 0 Å². The summed E-state index contributed by atoms with van der Waals surface area (Å²) in [7, 11) is 3.97. The molecule has 19 heavy (non-hydrogen) atoms. The van der Waals surface area contributed by atoms with E-state index in [9.17, 15) is 9.59 Å². The zero-order valence-electron chi connectivity index (χ0n) is 12.2. The Morgan fingerprint density at radius 1 is 1.05 bits per heavy atom. The lowest BCUT2D eigenvalue weighted by Crippen LogP contribution is -2.44. The molecule has 0 bridgehead atoms. The highest BCUT2D eigenvalue weighted by atomic mass is 16.2. The first-order chi connectivity index (χ1) is 9.09. The number of carbonyl (C=O) groups is 2. The molecule has 5 nitrogen and oxygen atoms in total. The molecular formula is C14H27N3O2. The first-order valence-electron chi connectivity index (χ1n) is 7.33. The monoisotopic (exact) mass is 269 g/mol. The van der Waals surface area contributed by atoms with Gasteiger partial charge in [0.25, 0.3) is 0 Å². The number of hydrogen-bond donors (Lipinski definition) is 2. The summed E-state index contributed by atoms with van der Waals surface area (Å²) < 4.78 is 0. The summed E-state index contributed by atoms with van der Waals surface area (Å²) in [6.07, 6.45) is 7.63. The van der Waals surface area contributed by atoms with E-state index in [1.807, 2.05) is 14.1 Å². The van der Waals surface area contributed by atoms with E-state index >= 15 is 0 Å². The van der Waals surface area contributed by atoms with Crippen molar-refractivity contribution in [3.05, 3.63) is 0 Å². The minimum absolute atomic E-state index is 0.183. The summed E-state index contributed by atoms with van der Waals surface area (Å²) in [6.45, 7) is 1.46. The third-order valence-electron chi connectivity index (χ3n) is 3.46. The minimum atomic E-state index is -0.497. The van der Waals surface area contributed by atoms with Crippen LogP contribution in [0.5, 0.6) is 0 Å². The highest BCUT2D eigenvalue weighted by Crippen LogP contribution is 2.16. The summed E-state index contributed by atoms with van der Waals surface area (Å²) >= 11 is 0. The summed E-state index contributed by atoms with van der Waals surface area (Å²) in [6, 6.07) is 0.183. The van der Waals surface area contributed by atoms with Crippen molar-refractivity contribution < 1.29 is 9.59 Å². The van der Waals surface area contributed by atoms with E-state index in [0.717, 1.165) is 38.6 Å². The fraction of sp³-hybridized carbons (Fsp3) is 0.857. The Bertz CT molecular complexity index is 284. The van der Waals surface area contributed by atoms with E-state index in [0.29, 0.717) is 6.54 Å². The van der Waals surface area contributed by atoms with Crippen molar-refractivity contribution in [2.24, 2.45) is 0 Å². The molecule has 0 atom stereocenters. The number of hydrogen-bond acceptors (Lipinski definition) is 3. The maximum absolute atomic E-state index is 11.7. The summed E-state index contributed by atoms with van der Waals surface area (Å²) in [5, 5.41) is 5.51. The molecule has 0 aromatic rings. The third kappa shape index (κ3) is 7.15. The first-order valence-corrected chi connectivity index (χ1v) is 7.33. The van der Waals surface area contributed by atoms with Gasteiger partial charge in [-0.15, -0.1) is 0 Å². The second-order valence-corrected chi connectivity index (χ2v) is 5.57. The quantitative estimate of drug-likeness (QED) is 0.443. The third-order valence-corrected chi connectivity index (χ3v) is 3.46. The first kappa shape index (κ1) is 16.0. The van der Waals surface area contributed by atoms with Crippen LogP contribution in [0, 0.1) is 0 Å². The van der Waals surface area contributed by atoms with Crippen molar-refractivity contribution in [2.45, 2.75) is 51.0 Å². The molecule has 0 saturated heterocycles. The molecule has 2 N–H and O–H groups in total. The molecule has 1 saturated carbocycles. The Labute approximate surface area is 116 Å². The number of nitrogens with zero attached hydrogens (tertiary/aromatic N) is 1. The largest absolute Gasteiger partial charge is 0.348 e. The van der Waals surface area contributed by atoms with Crippen molar-refractivity contribution >= 4 is 11.8 Å². The molecule has 1 aliphatic rings. The van der Waals surface area contributed by atoms with E-state index < -0.39 is 11.8 Å². The fourth-order valence-electron chi connectivity index (χ4n) is 2.35. The highest BCUT2D eigenvalue weighted by molar-refractivity contribution is 6.35. The van der Waals surface area contributed by atoms with Crippen LogP contribution in [0.3, 0.4) is 0 Å². The Kier molecular flexibility index (Phi) is 7.48. The zero-order valence-corrected chi connectivity index (χ0v) is 12.2. The van der Waals surface area contributed by atoms with Gasteiger partial charge in [-0.05, 0) is 39.9 Å². The second kappa shape index (κ2) is 8.91. The molecule has 1 rings (SSSR count). The Morgan fingerprint density at radius 3 is 2.26 bits per heavy atom. The SMILES string of the molecule is CN(C)CCCNC(=O)C(=O)NC1CCCCCC1. The Morgan fingerprint density at radius 2 is 1.68 bits per heavy atom. The predicted octanol–water partition coefficient (Wildman–Crippen LogP) is 0.893. The van der Waals surface area contributed by atoms with Crippen LogP contribution in [0.2, 0.25) is 0 Å². The average Bonchev–Trinajstić information content (AvgIpc) is 2.62. The van der Waals surface area contributed by atoms with E-state index in [1.165, 1.54) is 12.8 Å². The van der Waals surface area contributed by atoms with Crippen LogP contribution in [0.4, 0.5) is 0 Å². The van der Waals surface area contributed by atoms with E-state index in [4.69, 9.17) is 0 Å². The normalized spacial score (nSPS) is 17.0. The molecular weight excluding hydrogens is 242 g/mol. The molecule has 0 aromatic heterocycles. The smallest absolute Gasteiger partial charge is 0.309 e. The lowest BCUT2D eigenvalue weighted by Gasteiger charge is -2.16. The van der Waals surface area contributed by atoms with Crippen LogP contribution < -0.4 is 10.6 Å². The maximum Gasteiger partial charge on any atom is 0.309 e. The van der Waals surface area contributed by atoms with E-state index in [-0.39, 0.29) is 6.04 Å². The molecule has 0 aliphatic heterocycles. The highest BCUT2D eigenvalue weighted by Gasteiger charge is 2.19. The van der Waals surface area contributed by atoms with Crippen molar-refractivity contribution in [1.29, 1.82) is 0 Å². The van der Waals surface area contributed by atoms with Crippen LogP contribution in [0.25, 0.3) is 0 Å². The lowest BCUT2D eigenvalue weighted by atomic mass is 10.1. The number of amides is 2.